The van der Waals surface area contributed by atoms with Gasteiger partial charge in [-0.05, 0) is 49.4 Å². The molecular formula is C15H17N. The third kappa shape index (κ3) is 2.57. The van der Waals surface area contributed by atoms with Gasteiger partial charge in [0.25, 0.3) is 0 Å². The Kier molecular flexibility index (Phi) is 4.01. The third-order valence-corrected chi connectivity index (χ3v) is 2.37. The van der Waals surface area contributed by atoms with Gasteiger partial charge in [-0.2, -0.15) is 0 Å². The maximum absolute atomic E-state index is 4.01. The maximum Gasteiger partial charge on any atom is 0.0697 e. The predicted octanol–water partition coefficient (Wildman–Crippen LogP) is 4.64. The van der Waals surface area contributed by atoms with Crippen LogP contribution < -0.4 is 0 Å². The van der Waals surface area contributed by atoms with Crippen LogP contribution in [0.4, 0.5) is 5.69 Å². The highest BCUT2D eigenvalue weighted by Crippen LogP contribution is 2.28. The van der Waals surface area contributed by atoms with E-state index in [9.17, 15) is 0 Å². The van der Waals surface area contributed by atoms with E-state index in [0.717, 1.165) is 28.0 Å². The molecule has 0 aliphatic rings. The highest BCUT2D eigenvalue weighted by molar-refractivity contribution is 5.80. The molecule has 0 unspecified atom stereocenters. The molecule has 0 atom stereocenters. The monoisotopic (exact) mass is 211 g/mol. The van der Waals surface area contributed by atoms with E-state index in [1.807, 2.05) is 38.1 Å². The SMILES string of the molecule is C=Nc1ccc(C(=C)/C=C\C)cc1C(=C)C. The van der Waals surface area contributed by atoms with Gasteiger partial charge in [-0.15, -0.1) is 0 Å². The zero-order valence-corrected chi connectivity index (χ0v) is 9.96. The lowest BCUT2D eigenvalue weighted by molar-refractivity contribution is 1.47. The molecule has 1 aromatic rings. The van der Waals surface area contributed by atoms with Crippen molar-refractivity contribution in [3.63, 3.8) is 0 Å². The fourth-order valence-electron chi connectivity index (χ4n) is 1.51. The number of hydrogen-bond donors (Lipinski definition) is 0. The Morgan fingerprint density at radius 1 is 1.31 bits per heavy atom. The number of allylic oxidation sites excluding steroid dienone is 4. The second-order valence-electron chi connectivity index (χ2n) is 3.70. The van der Waals surface area contributed by atoms with Crippen LogP contribution in [-0.2, 0) is 0 Å². The fourth-order valence-corrected chi connectivity index (χ4v) is 1.51. The van der Waals surface area contributed by atoms with Gasteiger partial charge < -0.3 is 0 Å². The second kappa shape index (κ2) is 5.26. The van der Waals surface area contributed by atoms with Gasteiger partial charge in [-0.25, -0.2) is 0 Å². The van der Waals surface area contributed by atoms with E-state index in [0.29, 0.717) is 0 Å². The first-order valence-electron chi connectivity index (χ1n) is 5.18. The topological polar surface area (TPSA) is 12.4 Å². The lowest BCUT2D eigenvalue weighted by Gasteiger charge is -2.08. The van der Waals surface area contributed by atoms with Gasteiger partial charge in [0, 0.05) is 5.56 Å². The molecule has 16 heavy (non-hydrogen) atoms. The van der Waals surface area contributed by atoms with E-state index in [1.165, 1.54) is 0 Å². The van der Waals surface area contributed by atoms with Crippen molar-refractivity contribution in [3.05, 3.63) is 54.6 Å². The average Bonchev–Trinajstić information content (AvgIpc) is 2.28. The van der Waals surface area contributed by atoms with Crippen LogP contribution in [0.5, 0.6) is 0 Å². The zero-order chi connectivity index (χ0) is 12.1. The highest BCUT2D eigenvalue weighted by Gasteiger charge is 2.04. The minimum Gasteiger partial charge on any atom is -0.264 e. The van der Waals surface area contributed by atoms with Crippen LogP contribution in [0.3, 0.4) is 0 Å². The molecule has 0 saturated heterocycles. The number of benzene rings is 1. The summed E-state index contributed by atoms with van der Waals surface area (Å²) in [4.78, 5) is 3.98. The van der Waals surface area contributed by atoms with Gasteiger partial charge in [0.2, 0.25) is 0 Å². The van der Waals surface area contributed by atoms with E-state index in [-0.39, 0.29) is 0 Å². The third-order valence-electron chi connectivity index (χ3n) is 2.37. The summed E-state index contributed by atoms with van der Waals surface area (Å²) in [5.74, 6) is 0. The Balaban J connectivity index is 3.27. The molecule has 0 heterocycles. The molecule has 0 aromatic heterocycles. The molecule has 0 N–H and O–H groups in total. The Morgan fingerprint density at radius 3 is 2.50 bits per heavy atom. The van der Waals surface area contributed by atoms with Crippen LogP contribution in [0.1, 0.15) is 25.0 Å². The molecule has 1 nitrogen and oxygen atoms in total. The number of nitrogens with zero attached hydrogens (tertiary/aromatic N) is 1. The number of hydrogen-bond acceptors (Lipinski definition) is 1. The highest BCUT2D eigenvalue weighted by atomic mass is 14.7. The summed E-state index contributed by atoms with van der Waals surface area (Å²) in [5.41, 5.74) is 4.95. The first-order chi connectivity index (χ1) is 7.60. The number of rotatable bonds is 4. The summed E-state index contributed by atoms with van der Waals surface area (Å²) in [6, 6.07) is 5.99. The minimum atomic E-state index is 0.865. The summed E-state index contributed by atoms with van der Waals surface area (Å²) < 4.78 is 0. The molecule has 0 bridgehead atoms. The van der Waals surface area contributed by atoms with E-state index >= 15 is 0 Å². The van der Waals surface area contributed by atoms with E-state index in [1.54, 1.807) is 0 Å². The standard InChI is InChI=1S/C15H17N/c1-6-7-12(4)13-8-9-15(16-5)14(10-13)11(2)3/h6-10H,2,4-5H2,1,3H3/b7-6-. The molecular weight excluding hydrogens is 194 g/mol. The van der Waals surface area contributed by atoms with Crippen LogP contribution >= 0.6 is 0 Å². The van der Waals surface area contributed by atoms with Gasteiger partial charge in [-0.1, -0.05) is 31.4 Å². The molecule has 1 heteroatoms. The van der Waals surface area contributed by atoms with E-state index in [4.69, 9.17) is 0 Å². The lowest BCUT2D eigenvalue weighted by Crippen LogP contribution is -1.85. The fraction of sp³-hybridized carbons (Fsp3) is 0.133. The summed E-state index contributed by atoms with van der Waals surface area (Å²) in [7, 11) is 0. The quantitative estimate of drug-likeness (QED) is 0.508. The molecule has 1 aromatic carbocycles. The zero-order valence-electron chi connectivity index (χ0n) is 9.96. The van der Waals surface area contributed by atoms with Crippen molar-refractivity contribution in [1.82, 2.24) is 0 Å². The molecule has 0 fully saturated rings. The molecule has 0 aliphatic heterocycles. The largest absolute Gasteiger partial charge is 0.264 e. The van der Waals surface area contributed by atoms with Crippen molar-refractivity contribution < 1.29 is 0 Å². The summed E-state index contributed by atoms with van der Waals surface area (Å²) in [6.07, 6.45) is 3.96. The predicted molar refractivity (Wildman–Crippen MR) is 74.2 cm³/mol. The van der Waals surface area contributed by atoms with Crippen LogP contribution in [0.25, 0.3) is 11.1 Å². The minimum absolute atomic E-state index is 0.865. The van der Waals surface area contributed by atoms with Crippen LogP contribution in [-0.4, -0.2) is 6.72 Å². The Labute approximate surface area is 97.5 Å². The maximum atomic E-state index is 4.01. The van der Waals surface area contributed by atoms with Gasteiger partial charge in [-0.3, -0.25) is 4.99 Å². The van der Waals surface area contributed by atoms with Crippen molar-refractivity contribution in [1.29, 1.82) is 0 Å². The summed E-state index contributed by atoms with van der Waals surface area (Å²) in [6.45, 7) is 15.5. The van der Waals surface area contributed by atoms with Crippen molar-refractivity contribution in [2.75, 3.05) is 0 Å². The summed E-state index contributed by atoms with van der Waals surface area (Å²) in [5, 5.41) is 0. The van der Waals surface area contributed by atoms with Crippen molar-refractivity contribution in [3.8, 4) is 0 Å². The number of aliphatic imine (C=N–C) groups is 1. The lowest BCUT2D eigenvalue weighted by atomic mass is 9.99. The normalized spacial score (nSPS) is 10.4. The first-order valence-corrected chi connectivity index (χ1v) is 5.18. The smallest absolute Gasteiger partial charge is 0.0697 e. The van der Waals surface area contributed by atoms with Crippen LogP contribution in [0.15, 0.2) is 48.5 Å². The van der Waals surface area contributed by atoms with Gasteiger partial charge >= 0.3 is 0 Å². The molecule has 0 saturated carbocycles. The van der Waals surface area contributed by atoms with Crippen LogP contribution in [0, 0.1) is 0 Å². The van der Waals surface area contributed by atoms with Crippen molar-refractivity contribution in [2.24, 2.45) is 4.99 Å². The second-order valence-corrected chi connectivity index (χ2v) is 3.70. The van der Waals surface area contributed by atoms with Crippen molar-refractivity contribution in [2.45, 2.75) is 13.8 Å². The van der Waals surface area contributed by atoms with Crippen molar-refractivity contribution >= 4 is 23.6 Å². The van der Waals surface area contributed by atoms with Gasteiger partial charge in [0.1, 0.15) is 0 Å². The molecule has 82 valence electrons. The molecule has 0 amide bonds. The van der Waals surface area contributed by atoms with Gasteiger partial charge in [0.05, 0.1) is 5.69 Å². The van der Waals surface area contributed by atoms with Gasteiger partial charge in [0.15, 0.2) is 0 Å². The Hall–Kier alpha value is -1.89. The Morgan fingerprint density at radius 2 is 2.00 bits per heavy atom. The average molecular weight is 211 g/mol. The molecule has 1 rings (SSSR count). The van der Waals surface area contributed by atoms with E-state index in [2.05, 4.69) is 30.9 Å². The van der Waals surface area contributed by atoms with Crippen LogP contribution in [0.2, 0.25) is 0 Å². The first kappa shape index (κ1) is 12.2. The van der Waals surface area contributed by atoms with E-state index < -0.39 is 0 Å². The summed E-state index contributed by atoms with van der Waals surface area (Å²) >= 11 is 0. The molecule has 0 radical (unpaired) electrons. The molecule has 0 aliphatic carbocycles. The Bertz CT molecular complexity index is 464. The molecule has 0 spiro atoms.